The van der Waals surface area contributed by atoms with E-state index in [0.29, 0.717) is 0 Å². The maximum absolute atomic E-state index is 9.88. The van der Waals surface area contributed by atoms with Gasteiger partial charge in [0.2, 0.25) is 0 Å². The summed E-state index contributed by atoms with van der Waals surface area (Å²) in [5, 5.41) is 9.88. The van der Waals surface area contributed by atoms with Gasteiger partial charge in [-0.1, -0.05) is 48.0 Å². The average Bonchev–Trinajstić information content (AvgIpc) is 2.95. The van der Waals surface area contributed by atoms with Gasteiger partial charge in [-0.25, -0.2) is 4.98 Å². The quantitative estimate of drug-likeness (QED) is 0.582. The van der Waals surface area contributed by atoms with Gasteiger partial charge in [-0.2, -0.15) is 0 Å². The Balaban J connectivity index is 2.05. The molecule has 0 aliphatic rings. The third-order valence-electron chi connectivity index (χ3n) is 3.96. The Morgan fingerprint density at radius 1 is 0.870 bits per heavy atom. The monoisotopic (exact) mass is 300 g/mol. The maximum Gasteiger partial charge on any atom is 0.145 e. The molecule has 4 rings (SSSR count). The van der Waals surface area contributed by atoms with Crippen LogP contribution in [-0.2, 0) is 0 Å². The highest BCUT2D eigenvalue weighted by atomic mass is 16.3. The van der Waals surface area contributed by atoms with Gasteiger partial charge in [0.05, 0.1) is 11.0 Å². The number of benzene rings is 3. The lowest BCUT2D eigenvalue weighted by Gasteiger charge is -2.09. The van der Waals surface area contributed by atoms with E-state index in [4.69, 9.17) is 4.98 Å². The molecule has 0 amide bonds. The van der Waals surface area contributed by atoms with Crippen molar-refractivity contribution in [2.75, 3.05) is 0 Å². The smallest absolute Gasteiger partial charge is 0.145 e. The first-order valence-corrected chi connectivity index (χ1v) is 7.56. The fourth-order valence-corrected chi connectivity index (χ4v) is 2.80. The van der Waals surface area contributed by atoms with Crippen LogP contribution >= 0.6 is 0 Å². The standard InChI is InChI=1S/C20H16N2O/c1-14-7-9-15(10-8-14)20-21-18-12-11-17(23)13-19(18)22(20)16-5-3-2-4-6-16/h2-13,23H,1H3. The zero-order valence-electron chi connectivity index (χ0n) is 12.8. The van der Waals surface area contributed by atoms with Crippen LogP contribution < -0.4 is 0 Å². The topological polar surface area (TPSA) is 38.1 Å². The number of nitrogens with zero attached hydrogens (tertiary/aromatic N) is 2. The van der Waals surface area contributed by atoms with Crippen LogP contribution in [0.3, 0.4) is 0 Å². The number of rotatable bonds is 2. The molecule has 1 heterocycles. The summed E-state index contributed by atoms with van der Waals surface area (Å²) < 4.78 is 2.08. The van der Waals surface area contributed by atoms with Crippen molar-refractivity contribution in [3.63, 3.8) is 0 Å². The van der Waals surface area contributed by atoms with E-state index in [-0.39, 0.29) is 5.75 Å². The van der Waals surface area contributed by atoms with Gasteiger partial charge in [-0.3, -0.25) is 4.57 Å². The summed E-state index contributed by atoms with van der Waals surface area (Å²) in [6.07, 6.45) is 0. The molecule has 0 bridgehead atoms. The largest absolute Gasteiger partial charge is 0.508 e. The molecule has 1 aromatic heterocycles. The van der Waals surface area contributed by atoms with Gasteiger partial charge in [0.25, 0.3) is 0 Å². The summed E-state index contributed by atoms with van der Waals surface area (Å²) in [4.78, 5) is 4.78. The summed E-state index contributed by atoms with van der Waals surface area (Å²) in [6, 6.07) is 23.7. The highest BCUT2D eigenvalue weighted by Gasteiger charge is 2.14. The number of para-hydroxylation sites is 1. The lowest BCUT2D eigenvalue weighted by atomic mass is 10.1. The molecule has 3 nitrogen and oxygen atoms in total. The maximum atomic E-state index is 9.88. The van der Waals surface area contributed by atoms with Crippen molar-refractivity contribution in [1.82, 2.24) is 9.55 Å². The molecule has 112 valence electrons. The Kier molecular flexibility index (Phi) is 3.12. The number of phenols is 1. The van der Waals surface area contributed by atoms with Crippen LogP contribution in [0.15, 0.2) is 72.8 Å². The number of fused-ring (bicyclic) bond motifs is 1. The van der Waals surface area contributed by atoms with Crippen LogP contribution in [-0.4, -0.2) is 14.7 Å². The minimum Gasteiger partial charge on any atom is -0.508 e. The van der Waals surface area contributed by atoms with E-state index in [1.807, 2.05) is 36.4 Å². The van der Waals surface area contributed by atoms with Crippen molar-refractivity contribution in [3.8, 4) is 22.8 Å². The molecule has 0 spiro atoms. The number of aromatic hydroxyl groups is 1. The summed E-state index contributed by atoms with van der Waals surface area (Å²) in [5.74, 6) is 1.11. The minimum atomic E-state index is 0.241. The van der Waals surface area contributed by atoms with Gasteiger partial charge in [0.1, 0.15) is 11.6 Å². The molecule has 0 aliphatic heterocycles. The van der Waals surface area contributed by atoms with Crippen LogP contribution in [0.2, 0.25) is 0 Å². The Hall–Kier alpha value is -3.07. The van der Waals surface area contributed by atoms with E-state index in [1.54, 1.807) is 12.1 Å². The van der Waals surface area contributed by atoms with Crippen molar-refractivity contribution in [3.05, 3.63) is 78.4 Å². The zero-order valence-corrected chi connectivity index (χ0v) is 12.8. The lowest BCUT2D eigenvalue weighted by Crippen LogP contribution is -1.97. The molecule has 3 aromatic carbocycles. The number of imidazole rings is 1. The number of hydrogen-bond acceptors (Lipinski definition) is 2. The van der Waals surface area contributed by atoms with Crippen molar-refractivity contribution < 1.29 is 5.11 Å². The third kappa shape index (κ3) is 2.36. The Morgan fingerprint density at radius 3 is 2.35 bits per heavy atom. The molecule has 3 heteroatoms. The van der Waals surface area contributed by atoms with Crippen LogP contribution in [0.25, 0.3) is 28.1 Å². The average molecular weight is 300 g/mol. The first-order chi connectivity index (χ1) is 11.2. The van der Waals surface area contributed by atoms with Crippen LogP contribution in [0.1, 0.15) is 5.56 Å². The molecule has 0 fully saturated rings. The number of aromatic nitrogens is 2. The summed E-state index contributed by atoms with van der Waals surface area (Å²) >= 11 is 0. The molecular formula is C20H16N2O. The lowest BCUT2D eigenvalue weighted by molar-refractivity contribution is 0.476. The molecule has 1 N–H and O–H groups in total. The van der Waals surface area contributed by atoms with Crippen molar-refractivity contribution >= 4 is 11.0 Å². The number of aryl methyl sites for hydroxylation is 1. The molecule has 23 heavy (non-hydrogen) atoms. The summed E-state index contributed by atoms with van der Waals surface area (Å²) in [7, 11) is 0. The molecule has 0 unspecified atom stereocenters. The molecule has 0 saturated carbocycles. The van der Waals surface area contributed by atoms with Crippen molar-refractivity contribution in [1.29, 1.82) is 0 Å². The summed E-state index contributed by atoms with van der Waals surface area (Å²) in [6.45, 7) is 2.07. The van der Waals surface area contributed by atoms with E-state index in [9.17, 15) is 5.11 Å². The first-order valence-electron chi connectivity index (χ1n) is 7.56. The van der Waals surface area contributed by atoms with E-state index in [0.717, 1.165) is 28.1 Å². The normalized spacial score (nSPS) is 11.0. The van der Waals surface area contributed by atoms with E-state index in [1.165, 1.54) is 5.56 Å². The van der Waals surface area contributed by atoms with Crippen LogP contribution in [0, 0.1) is 6.92 Å². The predicted octanol–water partition coefficient (Wildman–Crippen LogP) is 4.71. The second-order valence-electron chi connectivity index (χ2n) is 5.65. The minimum absolute atomic E-state index is 0.241. The van der Waals surface area contributed by atoms with Crippen molar-refractivity contribution in [2.45, 2.75) is 6.92 Å². The highest BCUT2D eigenvalue weighted by Crippen LogP contribution is 2.30. The van der Waals surface area contributed by atoms with Gasteiger partial charge in [-0.15, -0.1) is 0 Å². The zero-order chi connectivity index (χ0) is 15.8. The number of phenolic OH excluding ortho intramolecular Hbond substituents is 1. The van der Waals surface area contributed by atoms with E-state index >= 15 is 0 Å². The fourth-order valence-electron chi connectivity index (χ4n) is 2.80. The van der Waals surface area contributed by atoms with Gasteiger partial charge in [-0.05, 0) is 31.2 Å². The van der Waals surface area contributed by atoms with Gasteiger partial charge < -0.3 is 5.11 Å². The van der Waals surface area contributed by atoms with E-state index in [2.05, 4.69) is 35.8 Å². The Bertz CT molecular complexity index is 970. The molecule has 0 saturated heterocycles. The SMILES string of the molecule is Cc1ccc(-c2nc3ccc(O)cc3n2-c2ccccc2)cc1. The highest BCUT2D eigenvalue weighted by molar-refractivity contribution is 5.84. The molecule has 0 atom stereocenters. The van der Waals surface area contributed by atoms with Crippen molar-refractivity contribution in [2.24, 2.45) is 0 Å². The predicted molar refractivity (Wildman–Crippen MR) is 92.9 cm³/mol. The Morgan fingerprint density at radius 2 is 1.61 bits per heavy atom. The second kappa shape index (κ2) is 5.29. The number of hydrogen-bond donors (Lipinski definition) is 1. The fraction of sp³-hybridized carbons (Fsp3) is 0.0500. The molecule has 0 radical (unpaired) electrons. The third-order valence-corrected chi connectivity index (χ3v) is 3.96. The molecular weight excluding hydrogens is 284 g/mol. The first kappa shape index (κ1) is 13.6. The Labute approximate surface area is 134 Å². The van der Waals surface area contributed by atoms with E-state index < -0.39 is 0 Å². The van der Waals surface area contributed by atoms with Gasteiger partial charge >= 0.3 is 0 Å². The second-order valence-corrected chi connectivity index (χ2v) is 5.65. The molecule has 0 aliphatic carbocycles. The van der Waals surface area contributed by atoms with Crippen LogP contribution in [0.4, 0.5) is 0 Å². The summed E-state index contributed by atoms with van der Waals surface area (Å²) in [5.41, 5.74) is 5.05. The van der Waals surface area contributed by atoms with Crippen LogP contribution in [0.5, 0.6) is 5.75 Å². The molecule has 4 aromatic rings. The van der Waals surface area contributed by atoms with Gasteiger partial charge in [0.15, 0.2) is 0 Å². The van der Waals surface area contributed by atoms with Gasteiger partial charge in [0, 0.05) is 17.3 Å².